The fourth-order valence-corrected chi connectivity index (χ4v) is 1.70. The Morgan fingerprint density at radius 3 is 2.13 bits per heavy atom. The molecule has 2 rings (SSSR count). The van der Waals surface area contributed by atoms with Crippen LogP contribution in [0, 0.1) is 0 Å². The minimum Gasteiger partial charge on any atom is -0.484 e. The average Bonchev–Trinajstić information content (AvgIpc) is 2.60. The number of rotatable bonds is 7. The standard InChI is InChI=1S/C17H17NO5/c1-21-17(20)12-23-15-9-7-13(8-10-15)18-16(19)11-22-14-5-3-2-4-6-14/h2-10H,11-12H2,1H3,(H,18,19). The molecule has 2 aromatic rings. The molecule has 0 aromatic heterocycles. The molecular weight excluding hydrogens is 298 g/mol. The highest BCUT2D eigenvalue weighted by Gasteiger charge is 2.05. The smallest absolute Gasteiger partial charge is 0.343 e. The molecule has 23 heavy (non-hydrogen) atoms. The van der Waals surface area contributed by atoms with Crippen LogP contribution in [0.1, 0.15) is 0 Å². The lowest BCUT2D eigenvalue weighted by atomic mass is 10.3. The first-order chi connectivity index (χ1) is 11.2. The van der Waals surface area contributed by atoms with Gasteiger partial charge in [0.15, 0.2) is 13.2 Å². The third-order valence-corrected chi connectivity index (χ3v) is 2.84. The molecule has 0 aliphatic heterocycles. The van der Waals surface area contributed by atoms with E-state index in [0.717, 1.165) is 0 Å². The molecule has 0 saturated carbocycles. The van der Waals surface area contributed by atoms with Crippen molar-refractivity contribution in [2.24, 2.45) is 0 Å². The normalized spacial score (nSPS) is 9.78. The Kier molecular flexibility index (Phi) is 5.99. The second kappa shape index (κ2) is 8.43. The number of hydrogen-bond donors (Lipinski definition) is 1. The highest BCUT2D eigenvalue weighted by atomic mass is 16.6. The summed E-state index contributed by atoms with van der Waals surface area (Å²) in [5.41, 5.74) is 0.608. The molecule has 0 radical (unpaired) electrons. The number of para-hydroxylation sites is 1. The Morgan fingerprint density at radius 1 is 0.870 bits per heavy atom. The molecule has 0 heterocycles. The Bertz CT molecular complexity index is 640. The predicted molar refractivity (Wildman–Crippen MR) is 84.5 cm³/mol. The van der Waals surface area contributed by atoms with Crippen LogP contribution in [-0.2, 0) is 14.3 Å². The van der Waals surface area contributed by atoms with Gasteiger partial charge in [0.05, 0.1) is 7.11 Å². The van der Waals surface area contributed by atoms with Gasteiger partial charge >= 0.3 is 5.97 Å². The average molecular weight is 315 g/mol. The van der Waals surface area contributed by atoms with Crippen LogP contribution in [0.3, 0.4) is 0 Å². The quantitative estimate of drug-likeness (QED) is 0.793. The topological polar surface area (TPSA) is 73.9 Å². The highest BCUT2D eigenvalue weighted by Crippen LogP contribution is 2.16. The molecule has 0 atom stereocenters. The molecule has 0 aliphatic carbocycles. The summed E-state index contributed by atoms with van der Waals surface area (Å²) in [4.78, 5) is 22.8. The highest BCUT2D eigenvalue weighted by molar-refractivity contribution is 5.91. The number of hydrogen-bond acceptors (Lipinski definition) is 5. The third-order valence-electron chi connectivity index (χ3n) is 2.84. The van der Waals surface area contributed by atoms with Gasteiger partial charge in [-0.15, -0.1) is 0 Å². The number of esters is 1. The Hall–Kier alpha value is -3.02. The molecule has 0 unspecified atom stereocenters. The lowest BCUT2D eigenvalue weighted by Gasteiger charge is -2.08. The van der Waals surface area contributed by atoms with Crippen molar-refractivity contribution in [3.8, 4) is 11.5 Å². The zero-order valence-electron chi connectivity index (χ0n) is 12.7. The van der Waals surface area contributed by atoms with Crippen LogP contribution in [0.15, 0.2) is 54.6 Å². The number of anilines is 1. The van der Waals surface area contributed by atoms with E-state index in [4.69, 9.17) is 9.47 Å². The van der Waals surface area contributed by atoms with Crippen LogP contribution in [0.2, 0.25) is 0 Å². The molecule has 1 amide bonds. The maximum atomic E-state index is 11.8. The lowest BCUT2D eigenvalue weighted by Crippen LogP contribution is -2.20. The van der Waals surface area contributed by atoms with E-state index >= 15 is 0 Å². The number of carbonyl (C=O) groups is 2. The van der Waals surface area contributed by atoms with Crippen molar-refractivity contribution in [3.05, 3.63) is 54.6 Å². The van der Waals surface area contributed by atoms with Gasteiger partial charge < -0.3 is 19.5 Å². The first-order valence-corrected chi connectivity index (χ1v) is 6.95. The van der Waals surface area contributed by atoms with Crippen molar-refractivity contribution in [2.75, 3.05) is 25.6 Å². The molecule has 0 aliphatic rings. The SMILES string of the molecule is COC(=O)COc1ccc(NC(=O)COc2ccccc2)cc1. The summed E-state index contributed by atoms with van der Waals surface area (Å²) in [5, 5.41) is 2.70. The van der Waals surface area contributed by atoms with E-state index in [9.17, 15) is 9.59 Å². The molecule has 2 aromatic carbocycles. The Balaban J connectivity index is 1.78. The van der Waals surface area contributed by atoms with E-state index in [-0.39, 0.29) is 19.1 Å². The molecular formula is C17H17NO5. The van der Waals surface area contributed by atoms with Gasteiger partial charge in [0.25, 0.3) is 5.91 Å². The summed E-state index contributed by atoms with van der Waals surface area (Å²) in [7, 11) is 1.29. The van der Waals surface area contributed by atoms with E-state index in [1.807, 2.05) is 18.2 Å². The van der Waals surface area contributed by atoms with Crippen LogP contribution in [-0.4, -0.2) is 32.2 Å². The first-order valence-electron chi connectivity index (χ1n) is 6.95. The minimum atomic E-state index is -0.458. The molecule has 0 spiro atoms. The molecule has 1 N–H and O–H groups in total. The summed E-state index contributed by atoms with van der Waals surface area (Å²) in [6.45, 7) is -0.238. The van der Waals surface area contributed by atoms with Crippen LogP contribution >= 0.6 is 0 Å². The van der Waals surface area contributed by atoms with E-state index < -0.39 is 5.97 Å². The molecule has 0 bridgehead atoms. The fourth-order valence-electron chi connectivity index (χ4n) is 1.70. The monoisotopic (exact) mass is 315 g/mol. The van der Waals surface area contributed by atoms with Crippen LogP contribution in [0.5, 0.6) is 11.5 Å². The van der Waals surface area contributed by atoms with Crippen molar-refractivity contribution in [1.29, 1.82) is 0 Å². The summed E-state index contributed by atoms with van der Waals surface area (Å²) in [5.74, 6) is 0.417. The summed E-state index contributed by atoms with van der Waals surface area (Å²) in [6.07, 6.45) is 0. The van der Waals surface area contributed by atoms with Crippen molar-refractivity contribution >= 4 is 17.6 Å². The summed E-state index contributed by atoms with van der Waals surface area (Å²) >= 11 is 0. The third kappa shape index (κ3) is 5.70. The van der Waals surface area contributed by atoms with E-state index in [2.05, 4.69) is 10.1 Å². The van der Waals surface area contributed by atoms with Crippen molar-refractivity contribution in [3.63, 3.8) is 0 Å². The minimum absolute atomic E-state index is 0.0788. The summed E-state index contributed by atoms with van der Waals surface area (Å²) < 4.78 is 15.0. The van der Waals surface area contributed by atoms with Crippen molar-refractivity contribution in [1.82, 2.24) is 0 Å². The first kappa shape index (κ1) is 16.4. The van der Waals surface area contributed by atoms with E-state index in [1.54, 1.807) is 36.4 Å². The Morgan fingerprint density at radius 2 is 1.48 bits per heavy atom. The van der Waals surface area contributed by atoms with Crippen LogP contribution in [0.4, 0.5) is 5.69 Å². The maximum Gasteiger partial charge on any atom is 0.343 e. The number of nitrogens with one attached hydrogen (secondary N) is 1. The predicted octanol–water partition coefficient (Wildman–Crippen LogP) is 2.26. The molecule has 120 valence electrons. The summed E-state index contributed by atoms with van der Waals surface area (Å²) in [6, 6.07) is 15.7. The van der Waals surface area contributed by atoms with Gasteiger partial charge in [-0.1, -0.05) is 18.2 Å². The number of methoxy groups -OCH3 is 1. The lowest BCUT2D eigenvalue weighted by molar-refractivity contribution is -0.142. The van der Waals surface area contributed by atoms with Gasteiger partial charge in [0.1, 0.15) is 11.5 Å². The fraction of sp³-hybridized carbons (Fsp3) is 0.176. The van der Waals surface area contributed by atoms with Gasteiger partial charge in [0, 0.05) is 5.69 Å². The van der Waals surface area contributed by atoms with Gasteiger partial charge in [-0.05, 0) is 36.4 Å². The molecule has 0 fully saturated rings. The van der Waals surface area contributed by atoms with E-state index in [0.29, 0.717) is 17.2 Å². The van der Waals surface area contributed by atoms with Crippen molar-refractivity contribution in [2.45, 2.75) is 0 Å². The second-order valence-corrected chi connectivity index (χ2v) is 4.54. The number of amides is 1. The zero-order chi connectivity index (χ0) is 16.5. The van der Waals surface area contributed by atoms with Gasteiger partial charge in [-0.3, -0.25) is 4.79 Å². The van der Waals surface area contributed by atoms with Gasteiger partial charge in [0.2, 0.25) is 0 Å². The number of carbonyl (C=O) groups excluding carboxylic acids is 2. The van der Waals surface area contributed by atoms with Gasteiger partial charge in [-0.25, -0.2) is 4.79 Å². The zero-order valence-corrected chi connectivity index (χ0v) is 12.7. The number of ether oxygens (including phenoxy) is 3. The second-order valence-electron chi connectivity index (χ2n) is 4.54. The molecule has 6 heteroatoms. The van der Waals surface area contributed by atoms with Crippen LogP contribution in [0.25, 0.3) is 0 Å². The maximum absolute atomic E-state index is 11.8. The largest absolute Gasteiger partial charge is 0.484 e. The van der Waals surface area contributed by atoms with Crippen molar-refractivity contribution < 1.29 is 23.8 Å². The molecule has 0 saturated heterocycles. The Labute approximate surface area is 134 Å². The number of benzene rings is 2. The van der Waals surface area contributed by atoms with Crippen LogP contribution < -0.4 is 14.8 Å². The molecule has 6 nitrogen and oxygen atoms in total. The van der Waals surface area contributed by atoms with Gasteiger partial charge in [-0.2, -0.15) is 0 Å². The van der Waals surface area contributed by atoms with E-state index in [1.165, 1.54) is 7.11 Å².